The van der Waals surface area contributed by atoms with Crippen LogP contribution in [0.5, 0.6) is 5.75 Å². The van der Waals surface area contributed by atoms with Gasteiger partial charge in [0.1, 0.15) is 16.3 Å². The molecule has 0 amide bonds. The lowest BCUT2D eigenvalue weighted by atomic mass is 10.0. The number of pyridine rings is 1. The van der Waals surface area contributed by atoms with Crippen molar-refractivity contribution in [2.75, 3.05) is 6.26 Å². The molecule has 1 aromatic carbocycles. The number of carbonyl (C=O) groups is 1. The van der Waals surface area contributed by atoms with E-state index in [1.807, 2.05) is 0 Å². The highest BCUT2D eigenvalue weighted by molar-refractivity contribution is 7.90. The maximum atomic E-state index is 12.3. The van der Waals surface area contributed by atoms with Crippen LogP contribution in [0.2, 0.25) is 0 Å². The number of nitrogens with zero attached hydrogens (tertiary/aromatic N) is 1. The van der Waals surface area contributed by atoms with Crippen molar-refractivity contribution in [2.45, 2.75) is 11.8 Å². The summed E-state index contributed by atoms with van der Waals surface area (Å²) in [4.78, 5) is 16.0. The Hall–Kier alpha value is -2.21. The van der Waals surface area contributed by atoms with Crippen LogP contribution >= 0.6 is 0 Å². The molecule has 0 spiro atoms. The summed E-state index contributed by atoms with van der Waals surface area (Å²) < 4.78 is 23.4. The van der Waals surface area contributed by atoms with Crippen LogP contribution in [0.4, 0.5) is 0 Å². The predicted molar refractivity (Wildman–Crippen MR) is 73.6 cm³/mol. The fourth-order valence-electron chi connectivity index (χ4n) is 2.03. The lowest BCUT2D eigenvalue weighted by Gasteiger charge is -2.10. The van der Waals surface area contributed by atoms with Crippen LogP contribution in [-0.4, -0.2) is 30.5 Å². The van der Waals surface area contributed by atoms with Crippen molar-refractivity contribution in [1.82, 2.24) is 4.98 Å². The van der Waals surface area contributed by atoms with Crippen LogP contribution in [0.3, 0.4) is 0 Å². The third-order valence-corrected chi connectivity index (χ3v) is 4.15. The van der Waals surface area contributed by atoms with Crippen LogP contribution in [-0.2, 0) is 9.84 Å². The van der Waals surface area contributed by atoms with Gasteiger partial charge in [-0.2, -0.15) is 0 Å². The molecule has 1 aromatic heterocycles. The highest BCUT2D eigenvalue weighted by atomic mass is 32.2. The lowest BCUT2D eigenvalue weighted by molar-refractivity contribution is 0.103. The summed E-state index contributed by atoms with van der Waals surface area (Å²) in [5.41, 5.74) is 0.658. The predicted octanol–water partition coefficient (Wildman–Crippen LogP) is 1.73. The molecular weight excluding hydrogens is 278 g/mol. The van der Waals surface area contributed by atoms with Gasteiger partial charge >= 0.3 is 0 Å². The first kappa shape index (κ1) is 14.2. The molecule has 0 aliphatic rings. The highest BCUT2D eigenvalue weighted by Gasteiger charge is 2.22. The average molecular weight is 291 g/mol. The lowest BCUT2D eigenvalue weighted by Crippen LogP contribution is -2.09. The normalized spacial score (nSPS) is 11.3. The second kappa shape index (κ2) is 5.05. The van der Waals surface area contributed by atoms with Gasteiger partial charge in [0, 0.05) is 18.0 Å². The quantitative estimate of drug-likeness (QED) is 0.871. The number of hydrogen-bond acceptors (Lipinski definition) is 5. The van der Waals surface area contributed by atoms with Gasteiger partial charge in [-0.05, 0) is 36.8 Å². The van der Waals surface area contributed by atoms with E-state index in [0.717, 1.165) is 6.26 Å². The van der Waals surface area contributed by atoms with E-state index in [4.69, 9.17) is 0 Å². The second-order valence-corrected chi connectivity index (χ2v) is 6.36. The number of phenolic OH excluding ortho intramolecular Hbond substituents is 1. The molecule has 2 rings (SSSR count). The maximum absolute atomic E-state index is 12.3. The van der Waals surface area contributed by atoms with Crippen molar-refractivity contribution in [3.8, 4) is 5.75 Å². The molecule has 104 valence electrons. The van der Waals surface area contributed by atoms with Gasteiger partial charge in [-0.15, -0.1) is 0 Å². The monoisotopic (exact) mass is 291 g/mol. The summed E-state index contributed by atoms with van der Waals surface area (Å²) in [7, 11) is -3.63. The van der Waals surface area contributed by atoms with Gasteiger partial charge in [-0.3, -0.25) is 9.78 Å². The molecule has 0 aliphatic heterocycles. The number of aromatic hydroxyl groups is 1. The fourth-order valence-corrected chi connectivity index (χ4v) is 3.14. The molecule has 6 heteroatoms. The second-order valence-electron chi connectivity index (χ2n) is 4.40. The van der Waals surface area contributed by atoms with Gasteiger partial charge in [0.25, 0.3) is 0 Å². The number of benzene rings is 1. The van der Waals surface area contributed by atoms with Gasteiger partial charge < -0.3 is 5.11 Å². The maximum Gasteiger partial charge on any atom is 0.211 e. The van der Waals surface area contributed by atoms with Crippen molar-refractivity contribution in [2.24, 2.45) is 0 Å². The SMILES string of the molecule is Cc1c(C(=O)c2ccccn2)ccc(O)c1S(C)(=O)=O. The number of ketones is 1. The van der Waals surface area contributed by atoms with E-state index < -0.39 is 9.84 Å². The number of hydrogen-bond donors (Lipinski definition) is 1. The number of aromatic nitrogens is 1. The zero-order valence-electron chi connectivity index (χ0n) is 11.0. The van der Waals surface area contributed by atoms with Crippen molar-refractivity contribution < 1.29 is 18.3 Å². The zero-order chi connectivity index (χ0) is 14.9. The largest absolute Gasteiger partial charge is 0.507 e. The van der Waals surface area contributed by atoms with Crippen LogP contribution in [0.25, 0.3) is 0 Å². The molecule has 0 saturated carbocycles. The highest BCUT2D eigenvalue weighted by Crippen LogP contribution is 2.29. The number of rotatable bonds is 3. The Morgan fingerprint density at radius 1 is 1.20 bits per heavy atom. The molecule has 1 N–H and O–H groups in total. The minimum absolute atomic E-state index is 0.210. The summed E-state index contributed by atoms with van der Waals surface area (Å²) in [6.07, 6.45) is 2.48. The first-order chi connectivity index (χ1) is 9.32. The minimum atomic E-state index is -3.63. The van der Waals surface area contributed by atoms with Gasteiger partial charge in [-0.25, -0.2) is 8.42 Å². The van der Waals surface area contributed by atoms with Crippen LogP contribution in [0.1, 0.15) is 21.6 Å². The van der Waals surface area contributed by atoms with Crippen molar-refractivity contribution in [3.63, 3.8) is 0 Å². The molecule has 0 saturated heterocycles. The molecule has 20 heavy (non-hydrogen) atoms. The Kier molecular flexibility index (Phi) is 3.59. The molecule has 0 fully saturated rings. The van der Waals surface area contributed by atoms with E-state index in [9.17, 15) is 18.3 Å². The molecule has 5 nitrogen and oxygen atoms in total. The molecular formula is C14H13NO4S. The molecule has 0 aliphatic carbocycles. The zero-order valence-corrected chi connectivity index (χ0v) is 11.8. The fraction of sp³-hybridized carbons (Fsp3) is 0.143. The van der Waals surface area contributed by atoms with Gasteiger partial charge in [0.15, 0.2) is 9.84 Å². The van der Waals surface area contributed by atoms with Crippen molar-refractivity contribution in [1.29, 1.82) is 0 Å². The number of phenols is 1. The van der Waals surface area contributed by atoms with Crippen molar-refractivity contribution >= 4 is 15.6 Å². The Labute approximate surface area is 116 Å². The molecule has 1 heterocycles. The summed E-state index contributed by atoms with van der Waals surface area (Å²) in [5, 5.41) is 9.70. The average Bonchev–Trinajstić information content (AvgIpc) is 2.37. The Balaban J connectivity index is 2.64. The van der Waals surface area contributed by atoms with Crippen LogP contribution < -0.4 is 0 Å². The minimum Gasteiger partial charge on any atom is -0.507 e. The first-order valence-corrected chi connectivity index (χ1v) is 7.70. The first-order valence-electron chi connectivity index (χ1n) is 5.80. The number of carbonyl (C=O) groups excluding carboxylic acids is 1. The third kappa shape index (κ3) is 2.55. The van der Waals surface area contributed by atoms with Gasteiger partial charge in [-0.1, -0.05) is 6.07 Å². The third-order valence-electron chi connectivity index (χ3n) is 2.90. The number of sulfone groups is 1. The summed E-state index contributed by atoms with van der Waals surface area (Å²) in [6.45, 7) is 1.49. The molecule has 2 aromatic rings. The Bertz CT molecular complexity index is 767. The van der Waals surface area contributed by atoms with E-state index in [0.29, 0.717) is 0 Å². The molecule has 0 atom stereocenters. The smallest absolute Gasteiger partial charge is 0.211 e. The van der Waals surface area contributed by atoms with Gasteiger partial charge in [0.2, 0.25) is 5.78 Å². The standard InChI is InChI=1S/C14H13NO4S/c1-9-10(13(17)11-5-3-4-8-15-11)6-7-12(16)14(9)20(2,18)19/h3-8,16H,1-2H3. The summed E-state index contributed by atoms with van der Waals surface area (Å²) in [6, 6.07) is 7.51. The van der Waals surface area contributed by atoms with Crippen LogP contribution in [0.15, 0.2) is 41.4 Å². The summed E-state index contributed by atoms with van der Waals surface area (Å²) in [5.74, 6) is -0.740. The van der Waals surface area contributed by atoms with Gasteiger partial charge in [0.05, 0.1) is 0 Å². The van der Waals surface area contributed by atoms with E-state index >= 15 is 0 Å². The molecule has 0 unspecified atom stereocenters. The Morgan fingerprint density at radius 2 is 1.90 bits per heavy atom. The van der Waals surface area contributed by atoms with Crippen LogP contribution in [0, 0.1) is 6.92 Å². The topological polar surface area (TPSA) is 84.3 Å². The molecule has 0 bridgehead atoms. The van der Waals surface area contributed by atoms with Crippen molar-refractivity contribution in [3.05, 3.63) is 53.3 Å². The van der Waals surface area contributed by atoms with E-state index in [1.165, 1.54) is 25.3 Å². The van der Waals surface area contributed by atoms with E-state index in [1.54, 1.807) is 18.2 Å². The molecule has 0 radical (unpaired) electrons. The van der Waals surface area contributed by atoms with E-state index in [-0.39, 0.29) is 33.2 Å². The summed E-state index contributed by atoms with van der Waals surface area (Å²) >= 11 is 0. The van der Waals surface area contributed by atoms with E-state index in [2.05, 4.69) is 4.98 Å². The Morgan fingerprint density at radius 3 is 2.45 bits per heavy atom.